The molecule has 1 aliphatic heterocycles. The van der Waals surface area contributed by atoms with E-state index in [9.17, 15) is 13.2 Å². The van der Waals surface area contributed by atoms with Gasteiger partial charge < -0.3 is 5.32 Å². The van der Waals surface area contributed by atoms with Crippen LogP contribution in [-0.2, 0) is 10.0 Å². The van der Waals surface area contributed by atoms with E-state index in [0.29, 0.717) is 30.7 Å². The second-order valence-corrected chi connectivity index (χ2v) is 8.46. The summed E-state index contributed by atoms with van der Waals surface area (Å²) in [5, 5.41) is 7.01. The van der Waals surface area contributed by atoms with Crippen LogP contribution in [0.1, 0.15) is 41.6 Å². The molecule has 1 N–H and O–H groups in total. The van der Waals surface area contributed by atoms with Gasteiger partial charge in [0.2, 0.25) is 10.0 Å². The largest absolute Gasteiger partial charge is 0.352 e. The third kappa shape index (κ3) is 3.98. The van der Waals surface area contributed by atoms with Gasteiger partial charge in [0.25, 0.3) is 5.91 Å². The molecule has 0 saturated carbocycles. The summed E-state index contributed by atoms with van der Waals surface area (Å²) in [5.41, 5.74) is 1.89. The molecule has 2 aromatic rings. The molecule has 1 atom stereocenters. The number of aromatic nitrogens is 3. The van der Waals surface area contributed by atoms with Crippen LogP contribution in [0.15, 0.2) is 18.6 Å². The molecule has 0 spiro atoms. The highest BCUT2D eigenvalue weighted by Gasteiger charge is 2.29. The van der Waals surface area contributed by atoms with Gasteiger partial charge in [-0.05, 0) is 31.7 Å². The number of hydrogen-bond donors (Lipinski definition) is 1. The normalized spacial score (nSPS) is 19.2. The number of fused-ring (bicyclic) bond motifs is 1. The van der Waals surface area contributed by atoms with Crippen molar-refractivity contribution in [3.8, 4) is 0 Å². The summed E-state index contributed by atoms with van der Waals surface area (Å²) in [6.07, 6.45) is 9.60. The summed E-state index contributed by atoms with van der Waals surface area (Å²) in [6, 6.07) is -0.0475. The minimum atomic E-state index is -3.20. The van der Waals surface area contributed by atoms with Crippen LogP contribution in [0.25, 0.3) is 5.65 Å². The van der Waals surface area contributed by atoms with Crippen LogP contribution in [0.4, 0.5) is 0 Å². The third-order valence-electron chi connectivity index (χ3n) is 4.49. The Bertz CT molecular complexity index is 877. The molecule has 2 aromatic heterocycles. The highest BCUT2D eigenvalue weighted by molar-refractivity contribution is 7.88. The van der Waals surface area contributed by atoms with Crippen LogP contribution < -0.4 is 5.32 Å². The van der Waals surface area contributed by atoms with Gasteiger partial charge in [0.1, 0.15) is 5.56 Å². The van der Waals surface area contributed by atoms with Gasteiger partial charge in [0, 0.05) is 31.5 Å². The summed E-state index contributed by atoms with van der Waals surface area (Å²) in [5.74, 6) is -0.243. The molecule has 3 rings (SSSR count). The molecule has 9 heteroatoms. The van der Waals surface area contributed by atoms with Gasteiger partial charge in [0.05, 0.1) is 12.5 Å². The lowest BCUT2D eigenvalue weighted by atomic mass is 10.0. The topological polar surface area (TPSA) is 96.7 Å². The number of piperidine rings is 1. The predicted octanol–water partition coefficient (Wildman–Crippen LogP) is 0.972. The fourth-order valence-corrected chi connectivity index (χ4v) is 4.49. The molecule has 1 fully saturated rings. The van der Waals surface area contributed by atoms with Gasteiger partial charge in [-0.15, -0.1) is 0 Å². The van der Waals surface area contributed by atoms with E-state index in [2.05, 4.69) is 15.4 Å². The molecular weight excluding hydrogens is 342 g/mol. The van der Waals surface area contributed by atoms with Crippen molar-refractivity contribution in [2.24, 2.45) is 0 Å². The summed E-state index contributed by atoms with van der Waals surface area (Å²) >= 11 is 0. The number of sulfonamides is 1. The zero-order valence-corrected chi connectivity index (χ0v) is 15.3. The first-order valence-electron chi connectivity index (χ1n) is 8.41. The molecule has 0 aromatic carbocycles. The van der Waals surface area contributed by atoms with E-state index in [0.717, 1.165) is 24.8 Å². The van der Waals surface area contributed by atoms with Gasteiger partial charge in [-0.1, -0.05) is 6.42 Å². The Balaban J connectivity index is 1.62. The summed E-state index contributed by atoms with van der Waals surface area (Å²) in [6.45, 7) is 2.89. The van der Waals surface area contributed by atoms with Crippen molar-refractivity contribution in [3.05, 3.63) is 29.7 Å². The Kier molecular flexibility index (Phi) is 5.05. The highest BCUT2D eigenvalue weighted by Crippen LogP contribution is 2.22. The van der Waals surface area contributed by atoms with Crippen molar-refractivity contribution in [1.82, 2.24) is 24.2 Å². The third-order valence-corrected chi connectivity index (χ3v) is 5.83. The van der Waals surface area contributed by atoms with Crippen molar-refractivity contribution in [2.45, 2.75) is 38.6 Å². The standard InChI is InChI=1S/C16H23N5O3S/c1-12-9-18-15-14(10-19-20(15)11-12)16(22)17-7-6-13-5-3-4-8-21(13)25(2,23)24/h9-11,13H,3-8H2,1-2H3,(H,17,22)/t13-/m1/s1. The molecule has 1 aliphatic rings. The highest BCUT2D eigenvalue weighted by atomic mass is 32.2. The van der Waals surface area contributed by atoms with E-state index in [4.69, 9.17) is 0 Å². The molecule has 8 nitrogen and oxygen atoms in total. The lowest BCUT2D eigenvalue weighted by molar-refractivity contribution is 0.0951. The quantitative estimate of drug-likeness (QED) is 0.852. The van der Waals surface area contributed by atoms with Crippen LogP contribution in [0.2, 0.25) is 0 Å². The molecule has 0 bridgehead atoms. The minimum Gasteiger partial charge on any atom is -0.352 e. The fourth-order valence-electron chi connectivity index (χ4n) is 3.27. The van der Waals surface area contributed by atoms with Gasteiger partial charge >= 0.3 is 0 Å². The maximum atomic E-state index is 12.4. The van der Waals surface area contributed by atoms with E-state index in [-0.39, 0.29) is 11.9 Å². The number of carbonyl (C=O) groups excluding carboxylic acids is 1. The molecule has 1 amide bonds. The average molecular weight is 365 g/mol. The number of hydrogen-bond acceptors (Lipinski definition) is 5. The molecular formula is C16H23N5O3S. The lowest BCUT2D eigenvalue weighted by Crippen LogP contribution is -2.44. The number of carbonyl (C=O) groups is 1. The van der Waals surface area contributed by atoms with Crippen molar-refractivity contribution >= 4 is 21.6 Å². The molecule has 1 saturated heterocycles. The fraction of sp³-hybridized carbons (Fsp3) is 0.562. The van der Waals surface area contributed by atoms with Crippen molar-refractivity contribution in [1.29, 1.82) is 0 Å². The first-order chi connectivity index (χ1) is 11.9. The van der Waals surface area contributed by atoms with E-state index >= 15 is 0 Å². The lowest BCUT2D eigenvalue weighted by Gasteiger charge is -2.33. The number of amides is 1. The second-order valence-electron chi connectivity index (χ2n) is 6.53. The summed E-state index contributed by atoms with van der Waals surface area (Å²) in [4.78, 5) is 16.6. The molecule has 0 radical (unpaired) electrons. The molecule has 136 valence electrons. The number of nitrogens with one attached hydrogen (secondary N) is 1. The van der Waals surface area contributed by atoms with Crippen LogP contribution >= 0.6 is 0 Å². The second kappa shape index (κ2) is 7.09. The van der Waals surface area contributed by atoms with Crippen LogP contribution in [-0.4, -0.2) is 58.6 Å². The van der Waals surface area contributed by atoms with Crippen LogP contribution in [0.5, 0.6) is 0 Å². The Morgan fingerprint density at radius 1 is 1.36 bits per heavy atom. The Morgan fingerprint density at radius 2 is 2.16 bits per heavy atom. The van der Waals surface area contributed by atoms with E-state index in [1.54, 1.807) is 15.0 Å². The molecule has 25 heavy (non-hydrogen) atoms. The first-order valence-corrected chi connectivity index (χ1v) is 10.3. The smallest absolute Gasteiger partial charge is 0.256 e. The van der Waals surface area contributed by atoms with Crippen molar-refractivity contribution < 1.29 is 13.2 Å². The zero-order valence-electron chi connectivity index (χ0n) is 14.5. The maximum Gasteiger partial charge on any atom is 0.256 e. The Morgan fingerprint density at radius 3 is 2.92 bits per heavy atom. The average Bonchev–Trinajstić information content (AvgIpc) is 2.97. The van der Waals surface area contributed by atoms with Gasteiger partial charge in [-0.2, -0.15) is 9.40 Å². The number of nitrogens with zero attached hydrogens (tertiary/aromatic N) is 4. The van der Waals surface area contributed by atoms with Gasteiger partial charge in [-0.3, -0.25) is 4.79 Å². The molecule has 0 aliphatic carbocycles. The molecule has 0 unspecified atom stereocenters. The molecule has 3 heterocycles. The predicted molar refractivity (Wildman–Crippen MR) is 93.9 cm³/mol. The first kappa shape index (κ1) is 17.8. The zero-order chi connectivity index (χ0) is 18.0. The van der Waals surface area contributed by atoms with Crippen molar-refractivity contribution in [2.75, 3.05) is 19.3 Å². The van der Waals surface area contributed by atoms with Crippen LogP contribution in [0.3, 0.4) is 0 Å². The summed E-state index contributed by atoms with van der Waals surface area (Å²) < 4.78 is 26.9. The van der Waals surface area contributed by atoms with Crippen molar-refractivity contribution in [3.63, 3.8) is 0 Å². The summed E-state index contributed by atoms with van der Waals surface area (Å²) in [7, 11) is -3.20. The SMILES string of the molecule is Cc1cnc2c(C(=O)NCC[C@H]3CCCCN3S(C)(=O)=O)cnn2c1. The van der Waals surface area contributed by atoms with Gasteiger partial charge in [0.15, 0.2) is 5.65 Å². The number of rotatable bonds is 5. The number of aryl methyl sites for hydroxylation is 1. The minimum absolute atomic E-state index is 0.0475. The van der Waals surface area contributed by atoms with Gasteiger partial charge in [-0.25, -0.2) is 17.9 Å². The van der Waals surface area contributed by atoms with E-state index < -0.39 is 10.0 Å². The van der Waals surface area contributed by atoms with E-state index in [1.165, 1.54) is 12.5 Å². The maximum absolute atomic E-state index is 12.4. The monoisotopic (exact) mass is 365 g/mol. The Hall–Kier alpha value is -2.00. The Labute approximate surface area is 147 Å². The van der Waals surface area contributed by atoms with E-state index in [1.807, 2.05) is 13.1 Å². The van der Waals surface area contributed by atoms with Crippen LogP contribution in [0, 0.1) is 6.92 Å².